The van der Waals surface area contributed by atoms with Crippen molar-refractivity contribution >= 4 is 23.3 Å². The second-order valence-corrected chi connectivity index (χ2v) is 6.42. The molecule has 0 aliphatic rings. The first-order valence-electron chi connectivity index (χ1n) is 8.38. The van der Waals surface area contributed by atoms with Crippen LogP contribution in [0.1, 0.15) is 25.0 Å². The van der Waals surface area contributed by atoms with Crippen LogP contribution in [-0.2, 0) is 4.79 Å². The van der Waals surface area contributed by atoms with Crippen molar-refractivity contribution in [2.75, 3.05) is 10.6 Å². The van der Waals surface area contributed by atoms with Crippen LogP contribution in [-0.4, -0.2) is 18.0 Å². The summed E-state index contributed by atoms with van der Waals surface area (Å²) in [4.78, 5) is 24.9. The summed E-state index contributed by atoms with van der Waals surface area (Å²) < 4.78 is 0. The maximum Gasteiger partial charge on any atom is 0.319 e. The molecular weight excluding hydrogens is 314 g/mol. The Bertz CT molecular complexity index is 742. The van der Waals surface area contributed by atoms with E-state index in [1.54, 1.807) is 12.1 Å². The molecule has 0 radical (unpaired) electrons. The zero-order valence-electron chi connectivity index (χ0n) is 15.1. The van der Waals surface area contributed by atoms with Gasteiger partial charge in [0.05, 0.1) is 0 Å². The normalized spacial score (nSPS) is 11.7. The Balaban J connectivity index is 2.05. The highest BCUT2D eigenvalue weighted by molar-refractivity contribution is 5.99. The maximum absolute atomic E-state index is 12.7. The molecule has 2 aromatic carbocycles. The number of rotatable bonds is 5. The van der Waals surface area contributed by atoms with Gasteiger partial charge < -0.3 is 16.0 Å². The highest BCUT2D eigenvalue weighted by Crippen LogP contribution is 2.19. The summed E-state index contributed by atoms with van der Waals surface area (Å²) in [5.41, 5.74) is 3.57. The number of hydrogen-bond donors (Lipinski definition) is 3. The molecule has 3 N–H and O–H groups in total. The minimum absolute atomic E-state index is 0.0494. The van der Waals surface area contributed by atoms with E-state index in [4.69, 9.17) is 0 Å². The molecule has 0 spiro atoms. The average Bonchev–Trinajstić information content (AvgIpc) is 2.57. The van der Waals surface area contributed by atoms with Gasteiger partial charge in [0.1, 0.15) is 6.04 Å². The molecule has 0 saturated heterocycles. The summed E-state index contributed by atoms with van der Waals surface area (Å²) in [6, 6.07) is 13.9. The predicted octanol–water partition coefficient (Wildman–Crippen LogP) is 4.09. The fourth-order valence-corrected chi connectivity index (χ4v) is 2.46. The minimum Gasteiger partial charge on any atom is -0.326 e. The molecule has 0 fully saturated rings. The van der Waals surface area contributed by atoms with Crippen molar-refractivity contribution in [2.24, 2.45) is 5.92 Å². The fraction of sp³-hybridized carbons (Fsp3) is 0.300. The summed E-state index contributed by atoms with van der Waals surface area (Å²) in [6.07, 6.45) is 0. The molecular formula is C20H25N3O2. The van der Waals surface area contributed by atoms with E-state index in [2.05, 4.69) is 16.0 Å². The van der Waals surface area contributed by atoms with Gasteiger partial charge >= 0.3 is 6.03 Å². The van der Waals surface area contributed by atoms with Gasteiger partial charge in [-0.25, -0.2) is 4.79 Å². The lowest BCUT2D eigenvalue weighted by Gasteiger charge is -2.22. The molecule has 0 bridgehead atoms. The van der Waals surface area contributed by atoms with Crippen LogP contribution in [0.2, 0.25) is 0 Å². The molecule has 5 nitrogen and oxygen atoms in total. The molecule has 5 heteroatoms. The first-order valence-corrected chi connectivity index (χ1v) is 8.38. The van der Waals surface area contributed by atoms with Gasteiger partial charge in [-0.3, -0.25) is 4.79 Å². The summed E-state index contributed by atoms with van der Waals surface area (Å²) in [7, 11) is 0. The van der Waals surface area contributed by atoms with Crippen LogP contribution in [0, 0.1) is 19.8 Å². The monoisotopic (exact) mass is 339 g/mol. The summed E-state index contributed by atoms with van der Waals surface area (Å²) in [5.74, 6) is -0.279. The SMILES string of the molecule is Cc1cccc(NC(=O)C(NC(=O)Nc2ccccc2)C(C)C)c1C. The molecule has 25 heavy (non-hydrogen) atoms. The number of carbonyl (C=O) groups is 2. The number of hydrogen-bond acceptors (Lipinski definition) is 2. The maximum atomic E-state index is 12.7. The number of amides is 3. The lowest BCUT2D eigenvalue weighted by atomic mass is 10.0. The van der Waals surface area contributed by atoms with Crippen molar-refractivity contribution < 1.29 is 9.59 Å². The Hall–Kier alpha value is -2.82. The van der Waals surface area contributed by atoms with Crippen molar-refractivity contribution in [3.05, 3.63) is 59.7 Å². The Morgan fingerprint density at radius 3 is 2.20 bits per heavy atom. The van der Waals surface area contributed by atoms with Crippen molar-refractivity contribution in [3.63, 3.8) is 0 Å². The largest absolute Gasteiger partial charge is 0.326 e. The van der Waals surface area contributed by atoms with E-state index in [9.17, 15) is 9.59 Å². The van der Waals surface area contributed by atoms with E-state index in [1.165, 1.54) is 0 Å². The lowest BCUT2D eigenvalue weighted by molar-refractivity contribution is -0.118. The molecule has 3 amide bonds. The molecule has 1 unspecified atom stereocenters. The molecule has 2 rings (SSSR count). The van der Waals surface area contributed by atoms with Crippen LogP contribution in [0.5, 0.6) is 0 Å². The van der Waals surface area contributed by atoms with Crippen molar-refractivity contribution in [1.29, 1.82) is 0 Å². The van der Waals surface area contributed by atoms with Crippen molar-refractivity contribution in [2.45, 2.75) is 33.7 Å². The third-order valence-corrected chi connectivity index (χ3v) is 4.13. The fourth-order valence-electron chi connectivity index (χ4n) is 2.46. The quantitative estimate of drug-likeness (QED) is 0.768. The Morgan fingerprint density at radius 1 is 0.880 bits per heavy atom. The van der Waals surface area contributed by atoms with E-state index in [0.29, 0.717) is 5.69 Å². The number of benzene rings is 2. The highest BCUT2D eigenvalue weighted by Gasteiger charge is 2.24. The first kappa shape index (κ1) is 18.5. The minimum atomic E-state index is -0.636. The van der Waals surface area contributed by atoms with Crippen molar-refractivity contribution in [3.8, 4) is 0 Å². The van der Waals surface area contributed by atoms with Gasteiger partial charge in [0.25, 0.3) is 0 Å². The van der Waals surface area contributed by atoms with Crippen LogP contribution < -0.4 is 16.0 Å². The van der Waals surface area contributed by atoms with Gasteiger partial charge in [-0.15, -0.1) is 0 Å². The molecule has 132 valence electrons. The number of carbonyl (C=O) groups excluding carboxylic acids is 2. The molecule has 0 aliphatic carbocycles. The molecule has 0 aliphatic heterocycles. The summed E-state index contributed by atoms with van der Waals surface area (Å²) in [6.45, 7) is 7.76. The van der Waals surface area contributed by atoms with Crippen LogP contribution in [0.25, 0.3) is 0 Å². The van der Waals surface area contributed by atoms with Gasteiger partial charge in [0.15, 0.2) is 0 Å². The first-order chi connectivity index (χ1) is 11.9. The second kappa shape index (κ2) is 8.33. The number of nitrogens with one attached hydrogen (secondary N) is 3. The van der Waals surface area contributed by atoms with E-state index < -0.39 is 12.1 Å². The van der Waals surface area contributed by atoms with Crippen LogP contribution >= 0.6 is 0 Å². The Labute approximate surface area is 148 Å². The van der Waals surface area contributed by atoms with E-state index in [0.717, 1.165) is 16.8 Å². The van der Waals surface area contributed by atoms with Gasteiger partial charge in [-0.2, -0.15) is 0 Å². The molecule has 2 aromatic rings. The van der Waals surface area contributed by atoms with E-state index >= 15 is 0 Å². The highest BCUT2D eigenvalue weighted by atomic mass is 16.2. The predicted molar refractivity (Wildman–Crippen MR) is 102 cm³/mol. The Kier molecular flexibility index (Phi) is 6.17. The van der Waals surface area contributed by atoms with Crippen molar-refractivity contribution in [1.82, 2.24) is 5.32 Å². The molecule has 0 aromatic heterocycles. The molecule has 0 heterocycles. The second-order valence-electron chi connectivity index (χ2n) is 6.42. The molecule has 0 saturated carbocycles. The van der Waals surface area contributed by atoms with Gasteiger partial charge in [-0.1, -0.05) is 44.2 Å². The lowest BCUT2D eigenvalue weighted by Crippen LogP contribution is -2.48. The third kappa shape index (κ3) is 5.08. The zero-order valence-corrected chi connectivity index (χ0v) is 15.1. The smallest absolute Gasteiger partial charge is 0.319 e. The number of urea groups is 1. The number of para-hydroxylation sites is 1. The topological polar surface area (TPSA) is 70.2 Å². The van der Waals surface area contributed by atoms with Gasteiger partial charge in [0.2, 0.25) is 5.91 Å². The van der Waals surface area contributed by atoms with Gasteiger partial charge in [0, 0.05) is 11.4 Å². The average molecular weight is 339 g/mol. The summed E-state index contributed by atoms with van der Waals surface area (Å²) in [5, 5.41) is 8.41. The van der Waals surface area contributed by atoms with Gasteiger partial charge in [-0.05, 0) is 49.1 Å². The van der Waals surface area contributed by atoms with E-state index in [-0.39, 0.29) is 11.8 Å². The third-order valence-electron chi connectivity index (χ3n) is 4.13. The number of aryl methyl sites for hydroxylation is 1. The van der Waals surface area contributed by atoms with E-state index in [1.807, 2.05) is 64.1 Å². The zero-order chi connectivity index (χ0) is 18.4. The Morgan fingerprint density at radius 2 is 1.56 bits per heavy atom. The standard InChI is InChI=1S/C20H25N3O2/c1-13(2)18(23-20(25)21-16-10-6-5-7-11-16)19(24)22-17-12-8-9-14(3)15(17)4/h5-13,18H,1-4H3,(H,22,24)(H2,21,23,25). The molecule has 1 atom stereocenters. The van der Waals surface area contributed by atoms with Crippen LogP contribution in [0.3, 0.4) is 0 Å². The van der Waals surface area contributed by atoms with Crippen LogP contribution in [0.4, 0.5) is 16.2 Å². The summed E-state index contributed by atoms with van der Waals surface area (Å²) >= 11 is 0. The number of anilines is 2. The van der Waals surface area contributed by atoms with Crippen LogP contribution in [0.15, 0.2) is 48.5 Å².